The largest absolute Gasteiger partial charge is 0.398 e. The monoisotopic (exact) mass is 188 g/mol. The molecule has 0 spiro atoms. The van der Waals surface area contributed by atoms with Crippen LogP contribution in [0.5, 0.6) is 0 Å². The van der Waals surface area contributed by atoms with Crippen molar-refractivity contribution in [1.82, 2.24) is 14.5 Å². The van der Waals surface area contributed by atoms with E-state index in [2.05, 4.69) is 16.9 Å². The van der Waals surface area contributed by atoms with Gasteiger partial charge in [-0.1, -0.05) is 0 Å². The first-order valence-electron chi connectivity index (χ1n) is 4.53. The van der Waals surface area contributed by atoms with Crippen LogP contribution in [0.15, 0.2) is 31.0 Å². The van der Waals surface area contributed by atoms with Gasteiger partial charge in [-0.3, -0.25) is 4.98 Å². The highest BCUT2D eigenvalue weighted by Crippen LogP contribution is 2.22. The maximum absolute atomic E-state index is 5.81. The number of nitrogens with two attached hydrogens (primary N) is 1. The second kappa shape index (κ2) is 3.49. The molecule has 0 aromatic carbocycles. The highest BCUT2D eigenvalue weighted by molar-refractivity contribution is 5.71. The summed E-state index contributed by atoms with van der Waals surface area (Å²) in [6, 6.07) is 1.78. The van der Waals surface area contributed by atoms with Gasteiger partial charge >= 0.3 is 0 Å². The number of aryl methyl sites for hydroxylation is 1. The Morgan fingerprint density at radius 2 is 2.36 bits per heavy atom. The molecule has 0 aliphatic heterocycles. The van der Waals surface area contributed by atoms with Gasteiger partial charge in [0.05, 0.1) is 12.0 Å². The summed E-state index contributed by atoms with van der Waals surface area (Å²) in [6.45, 7) is 2.98. The van der Waals surface area contributed by atoms with Crippen LogP contribution in [0, 0.1) is 0 Å². The Bertz CT molecular complexity index is 433. The minimum Gasteiger partial charge on any atom is -0.398 e. The highest BCUT2D eigenvalue weighted by Gasteiger charge is 2.04. The molecule has 0 amide bonds. The van der Waals surface area contributed by atoms with Crippen LogP contribution >= 0.6 is 0 Å². The molecular weight excluding hydrogens is 176 g/mol. The molecule has 4 nitrogen and oxygen atoms in total. The summed E-state index contributed by atoms with van der Waals surface area (Å²) >= 11 is 0. The van der Waals surface area contributed by atoms with Crippen molar-refractivity contribution in [2.75, 3.05) is 5.73 Å². The molecule has 0 bridgehead atoms. The Morgan fingerprint density at radius 1 is 1.50 bits per heavy atom. The topological polar surface area (TPSA) is 56.7 Å². The number of nitrogens with zero attached hydrogens (tertiary/aromatic N) is 3. The molecule has 2 N–H and O–H groups in total. The minimum atomic E-state index is 0.710. The van der Waals surface area contributed by atoms with E-state index in [1.807, 2.05) is 10.8 Å². The molecule has 0 atom stereocenters. The maximum Gasteiger partial charge on any atom is 0.0953 e. The Labute approximate surface area is 82.4 Å². The molecule has 0 radical (unpaired) electrons. The van der Waals surface area contributed by atoms with E-state index in [4.69, 9.17) is 5.73 Å². The zero-order valence-electron chi connectivity index (χ0n) is 8.01. The third-order valence-electron chi connectivity index (χ3n) is 2.13. The smallest absolute Gasteiger partial charge is 0.0953 e. The summed E-state index contributed by atoms with van der Waals surface area (Å²) < 4.78 is 2.00. The van der Waals surface area contributed by atoms with Gasteiger partial charge in [0, 0.05) is 36.4 Å². The fraction of sp³-hybridized carbons (Fsp3) is 0.200. The molecule has 0 aliphatic rings. The fourth-order valence-electron chi connectivity index (χ4n) is 1.29. The molecule has 0 saturated heterocycles. The predicted molar refractivity (Wildman–Crippen MR) is 55.5 cm³/mol. The minimum absolute atomic E-state index is 0.710. The van der Waals surface area contributed by atoms with Crippen LogP contribution in [0.3, 0.4) is 0 Å². The number of pyridine rings is 1. The van der Waals surface area contributed by atoms with E-state index in [1.54, 1.807) is 24.8 Å². The van der Waals surface area contributed by atoms with E-state index >= 15 is 0 Å². The van der Waals surface area contributed by atoms with E-state index in [1.165, 1.54) is 0 Å². The Morgan fingerprint density at radius 3 is 3.00 bits per heavy atom. The molecule has 2 heterocycles. The van der Waals surface area contributed by atoms with Crippen LogP contribution in [0.4, 0.5) is 5.69 Å². The van der Waals surface area contributed by atoms with Gasteiger partial charge in [-0.05, 0) is 13.0 Å². The van der Waals surface area contributed by atoms with Crippen molar-refractivity contribution >= 4 is 5.69 Å². The van der Waals surface area contributed by atoms with Crippen molar-refractivity contribution < 1.29 is 0 Å². The average Bonchev–Trinajstić information content (AvgIpc) is 2.67. The Kier molecular flexibility index (Phi) is 2.18. The number of aromatic nitrogens is 3. The van der Waals surface area contributed by atoms with Gasteiger partial charge in [-0.25, -0.2) is 4.98 Å². The first-order valence-corrected chi connectivity index (χ1v) is 4.53. The lowest BCUT2D eigenvalue weighted by Crippen LogP contribution is -1.91. The number of imidazole rings is 1. The number of anilines is 1. The Balaban J connectivity index is 2.44. The van der Waals surface area contributed by atoms with Gasteiger partial charge in [-0.15, -0.1) is 0 Å². The van der Waals surface area contributed by atoms with Crippen LogP contribution in [-0.2, 0) is 6.54 Å². The second-order valence-electron chi connectivity index (χ2n) is 3.05. The molecule has 0 unspecified atom stereocenters. The van der Waals surface area contributed by atoms with Crippen LogP contribution in [-0.4, -0.2) is 14.5 Å². The summed E-state index contributed by atoms with van der Waals surface area (Å²) in [5, 5.41) is 0. The number of hydrogen-bond acceptors (Lipinski definition) is 3. The molecule has 0 fully saturated rings. The third kappa shape index (κ3) is 1.46. The molecule has 2 aromatic heterocycles. The van der Waals surface area contributed by atoms with Crippen molar-refractivity contribution in [1.29, 1.82) is 0 Å². The second-order valence-corrected chi connectivity index (χ2v) is 3.05. The van der Waals surface area contributed by atoms with Gasteiger partial charge < -0.3 is 10.3 Å². The van der Waals surface area contributed by atoms with Gasteiger partial charge in [0.2, 0.25) is 0 Å². The van der Waals surface area contributed by atoms with Gasteiger partial charge in [-0.2, -0.15) is 0 Å². The normalized spacial score (nSPS) is 10.4. The summed E-state index contributed by atoms with van der Waals surface area (Å²) in [4.78, 5) is 8.29. The lowest BCUT2D eigenvalue weighted by atomic mass is 10.2. The average molecular weight is 188 g/mol. The van der Waals surface area contributed by atoms with Crippen molar-refractivity contribution in [3.63, 3.8) is 0 Å². The fourth-order valence-corrected chi connectivity index (χ4v) is 1.29. The summed E-state index contributed by atoms with van der Waals surface area (Å²) in [5.41, 5.74) is 8.28. The lowest BCUT2D eigenvalue weighted by Gasteiger charge is -1.99. The zero-order valence-corrected chi connectivity index (χ0v) is 8.01. The van der Waals surface area contributed by atoms with Crippen molar-refractivity contribution in [3.8, 4) is 11.3 Å². The van der Waals surface area contributed by atoms with E-state index in [-0.39, 0.29) is 0 Å². The SMILES string of the molecule is CCn1cnc(-c2cnccc2N)c1. The molecule has 0 saturated carbocycles. The molecule has 14 heavy (non-hydrogen) atoms. The van der Waals surface area contributed by atoms with Crippen LogP contribution < -0.4 is 5.73 Å². The first-order chi connectivity index (χ1) is 6.81. The summed E-state index contributed by atoms with van der Waals surface area (Å²) in [5.74, 6) is 0. The van der Waals surface area contributed by atoms with E-state index in [0.717, 1.165) is 17.8 Å². The molecule has 72 valence electrons. The molecule has 2 aromatic rings. The van der Waals surface area contributed by atoms with E-state index in [9.17, 15) is 0 Å². The first kappa shape index (κ1) is 8.74. The quantitative estimate of drug-likeness (QED) is 0.777. The third-order valence-corrected chi connectivity index (χ3v) is 2.13. The lowest BCUT2D eigenvalue weighted by molar-refractivity contribution is 0.762. The highest BCUT2D eigenvalue weighted by atomic mass is 15.0. The molecule has 4 heteroatoms. The summed E-state index contributed by atoms with van der Waals surface area (Å²) in [7, 11) is 0. The van der Waals surface area contributed by atoms with Gasteiger partial charge in [0.1, 0.15) is 0 Å². The van der Waals surface area contributed by atoms with E-state index < -0.39 is 0 Å². The summed E-state index contributed by atoms with van der Waals surface area (Å²) in [6.07, 6.45) is 7.17. The standard InChI is InChI=1S/C10H12N4/c1-2-14-6-10(13-7-14)8-5-12-4-3-9(8)11/h3-7H,2H2,1H3,(H2,11,12). The molecule has 2 rings (SSSR count). The van der Waals surface area contributed by atoms with Crippen molar-refractivity contribution in [3.05, 3.63) is 31.0 Å². The predicted octanol–water partition coefficient (Wildman–Crippen LogP) is 1.55. The van der Waals surface area contributed by atoms with Crippen molar-refractivity contribution in [2.24, 2.45) is 0 Å². The molecule has 0 aliphatic carbocycles. The van der Waals surface area contributed by atoms with Crippen molar-refractivity contribution in [2.45, 2.75) is 13.5 Å². The van der Waals surface area contributed by atoms with Crippen LogP contribution in [0.1, 0.15) is 6.92 Å². The maximum atomic E-state index is 5.81. The zero-order chi connectivity index (χ0) is 9.97. The van der Waals surface area contributed by atoms with Gasteiger partial charge in [0.25, 0.3) is 0 Å². The number of hydrogen-bond donors (Lipinski definition) is 1. The van der Waals surface area contributed by atoms with Crippen LogP contribution in [0.25, 0.3) is 11.3 Å². The van der Waals surface area contributed by atoms with E-state index in [0.29, 0.717) is 5.69 Å². The van der Waals surface area contributed by atoms with Gasteiger partial charge in [0.15, 0.2) is 0 Å². The number of rotatable bonds is 2. The van der Waals surface area contributed by atoms with Crippen LogP contribution in [0.2, 0.25) is 0 Å². The molecular formula is C10H12N4. The number of nitrogen functional groups attached to an aromatic ring is 1. The Hall–Kier alpha value is -1.84.